The number of nitriles is 1. The van der Waals surface area contributed by atoms with Crippen molar-refractivity contribution < 1.29 is 0 Å². The van der Waals surface area contributed by atoms with Crippen molar-refractivity contribution in [3.63, 3.8) is 0 Å². The Morgan fingerprint density at radius 2 is 2.43 bits per heavy atom. The van der Waals surface area contributed by atoms with Gasteiger partial charge in [0.05, 0.1) is 12.0 Å². The molecule has 0 aliphatic rings. The molecule has 1 N–H and O–H groups in total. The van der Waals surface area contributed by atoms with Gasteiger partial charge in [0.25, 0.3) is 0 Å². The summed E-state index contributed by atoms with van der Waals surface area (Å²) in [6.45, 7) is 1.71. The van der Waals surface area contributed by atoms with Crippen LogP contribution in [0.3, 0.4) is 0 Å². The van der Waals surface area contributed by atoms with Crippen LogP contribution in [0.4, 0.5) is 0 Å². The second-order valence-electron chi connectivity index (χ2n) is 1.23. The van der Waals surface area contributed by atoms with Crippen molar-refractivity contribution in [3.8, 4) is 6.07 Å². The fourth-order valence-corrected chi connectivity index (χ4v) is 0.162. The van der Waals surface area contributed by atoms with Gasteiger partial charge in [0.2, 0.25) is 0 Å². The van der Waals surface area contributed by atoms with E-state index >= 15 is 0 Å². The number of rotatable bonds is 1. The second kappa shape index (κ2) is 3.14. The molecular formula is C5H6N2. The Labute approximate surface area is 42.6 Å². The predicted octanol–water partition coefficient (Wildman–Crippen LogP) is 0.951. The molecule has 36 valence electrons. The summed E-state index contributed by atoms with van der Waals surface area (Å²) in [5, 5.41) is 14.4. The number of hydrogen-bond donors (Lipinski definition) is 1. The fraction of sp³-hybridized carbons (Fsp3) is 0.400. The van der Waals surface area contributed by atoms with Crippen LogP contribution in [-0.2, 0) is 0 Å². The molecule has 0 aliphatic carbocycles. The zero-order valence-corrected chi connectivity index (χ0v) is 4.10. The van der Waals surface area contributed by atoms with Crippen LogP contribution in [0.5, 0.6) is 0 Å². The molecule has 2 nitrogen and oxygen atoms in total. The van der Waals surface area contributed by atoms with Crippen molar-refractivity contribution in [1.29, 1.82) is 10.7 Å². The summed E-state index contributed by atoms with van der Waals surface area (Å²) in [6.07, 6.45) is 1.40. The Morgan fingerprint density at radius 1 is 1.86 bits per heavy atom. The molecule has 1 unspecified atom stereocenters. The van der Waals surface area contributed by atoms with E-state index in [1.54, 1.807) is 6.92 Å². The Kier molecular flexibility index (Phi) is 2.67. The van der Waals surface area contributed by atoms with Gasteiger partial charge in [-0.25, -0.2) is 0 Å². The third-order valence-corrected chi connectivity index (χ3v) is 0.537. The van der Waals surface area contributed by atoms with Gasteiger partial charge >= 0.3 is 0 Å². The van der Waals surface area contributed by atoms with E-state index in [9.17, 15) is 0 Å². The average molecular weight is 94.1 g/mol. The summed E-state index contributed by atoms with van der Waals surface area (Å²) in [5.74, 6) is 1.85. The summed E-state index contributed by atoms with van der Waals surface area (Å²) in [7, 11) is 0. The van der Waals surface area contributed by atoms with Gasteiger partial charge < -0.3 is 0 Å². The van der Waals surface area contributed by atoms with E-state index in [1.807, 2.05) is 11.9 Å². The molecule has 0 aromatic rings. The maximum Gasteiger partial charge on any atom is 0.0704 e. The monoisotopic (exact) mass is 94.1 g/mol. The normalized spacial score (nSPS) is 10.9. The lowest BCUT2D eigenvalue weighted by Gasteiger charge is -1.80. The fourth-order valence-electron chi connectivity index (χ4n) is 0.162. The highest BCUT2D eigenvalue weighted by Gasteiger charge is 1.86. The zero-order valence-electron chi connectivity index (χ0n) is 4.10. The maximum atomic E-state index is 8.06. The number of allylic oxidation sites excluding steroid dienone is 1. The molecule has 1 atom stereocenters. The lowest BCUT2D eigenvalue weighted by atomic mass is 10.2. The van der Waals surface area contributed by atoms with Crippen molar-refractivity contribution in [2.75, 3.05) is 0 Å². The Balaban J connectivity index is 3.64. The smallest absolute Gasteiger partial charge is 0.0704 e. The molecule has 0 aliphatic heterocycles. The van der Waals surface area contributed by atoms with Crippen LogP contribution in [0.25, 0.3) is 0 Å². The minimum Gasteiger partial charge on any atom is -0.259 e. The van der Waals surface area contributed by atoms with E-state index in [0.29, 0.717) is 0 Å². The van der Waals surface area contributed by atoms with Crippen LogP contribution >= 0.6 is 0 Å². The molecule has 0 aromatic heterocycles. The van der Waals surface area contributed by atoms with Crippen LogP contribution in [0.1, 0.15) is 6.92 Å². The van der Waals surface area contributed by atoms with Crippen molar-refractivity contribution in [1.82, 2.24) is 0 Å². The van der Waals surface area contributed by atoms with E-state index < -0.39 is 0 Å². The first kappa shape index (κ1) is 5.94. The van der Waals surface area contributed by atoms with E-state index in [0.717, 1.165) is 0 Å². The Hall–Kier alpha value is -1.06. The minimum atomic E-state index is -0.169. The van der Waals surface area contributed by atoms with E-state index in [4.69, 9.17) is 10.7 Å². The molecule has 7 heavy (non-hydrogen) atoms. The molecule has 2 heteroatoms. The predicted molar refractivity (Wildman–Crippen MR) is 27.1 cm³/mol. The van der Waals surface area contributed by atoms with E-state index in [-0.39, 0.29) is 5.92 Å². The zero-order chi connectivity index (χ0) is 5.70. The van der Waals surface area contributed by atoms with Crippen molar-refractivity contribution >= 4 is 5.87 Å². The van der Waals surface area contributed by atoms with Crippen molar-refractivity contribution in [2.24, 2.45) is 5.92 Å². The Bertz CT molecular complexity index is 126. The van der Waals surface area contributed by atoms with Gasteiger partial charge in [-0.3, -0.25) is 5.41 Å². The molecule has 0 spiro atoms. The largest absolute Gasteiger partial charge is 0.259 e. The quantitative estimate of drug-likeness (QED) is 0.483. The first-order valence-electron chi connectivity index (χ1n) is 1.96. The molecular weight excluding hydrogens is 88.1 g/mol. The highest BCUT2D eigenvalue weighted by molar-refractivity contribution is 5.48. The van der Waals surface area contributed by atoms with E-state index in [2.05, 4.69) is 0 Å². The van der Waals surface area contributed by atoms with Crippen LogP contribution in [-0.4, -0.2) is 5.87 Å². The first-order valence-corrected chi connectivity index (χ1v) is 1.96. The molecule has 0 radical (unpaired) electrons. The van der Waals surface area contributed by atoms with Gasteiger partial charge in [0.1, 0.15) is 0 Å². The Morgan fingerprint density at radius 3 is 2.57 bits per heavy atom. The van der Waals surface area contributed by atoms with Crippen LogP contribution < -0.4 is 0 Å². The third kappa shape index (κ3) is 2.75. The molecule has 0 rings (SSSR count). The summed E-state index contributed by atoms with van der Waals surface area (Å²) in [4.78, 5) is 0. The number of hydrogen-bond acceptors (Lipinski definition) is 2. The molecule has 0 aromatic carbocycles. The van der Waals surface area contributed by atoms with Crippen LogP contribution in [0.2, 0.25) is 0 Å². The van der Waals surface area contributed by atoms with Gasteiger partial charge in [-0.2, -0.15) is 5.26 Å². The summed E-state index contributed by atoms with van der Waals surface area (Å²) >= 11 is 0. The summed E-state index contributed by atoms with van der Waals surface area (Å²) in [6, 6.07) is 1.93. The molecule has 0 bridgehead atoms. The van der Waals surface area contributed by atoms with Crippen LogP contribution in [0.15, 0.2) is 6.08 Å². The van der Waals surface area contributed by atoms with Crippen molar-refractivity contribution in [2.45, 2.75) is 6.92 Å². The van der Waals surface area contributed by atoms with Gasteiger partial charge in [0.15, 0.2) is 0 Å². The molecule has 0 fully saturated rings. The summed E-state index contributed by atoms with van der Waals surface area (Å²) < 4.78 is 0. The van der Waals surface area contributed by atoms with Gasteiger partial charge in [-0.15, -0.1) is 0 Å². The number of nitrogens with one attached hydrogen (secondary N) is 1. The van der Waals surface area contributed by atoms with Crippen molar-refractivity contribution in [3.05, 3.63) is 6.08 Å². The van der Waals surface area contributed by atoms with Gasteiger partial charge in [-0.1, -0.05) is 0 Å². The SMILES string of the molecule is CC(C#N)C=C=N. The minimum absolute atomic E-state index is 0.169. The van der Waals surface area contributed by atoms with Crippen LogP contribution in [0, 0.1) is 22.7 Å². The first-order chi connectivity index (χ1) is 3.31. The lowest BCUT2D eigenvalue weighted by molar-refractivity contribution is 0.965. The van der Waals surface area contributed by atoms with Gasteiger partial charge in [0, 0.05) is 0 Å². The molecule has 0 saturated carbocycles. The van der Waals surface area contributed by atoms with E-state index in [1.165, 1.54) is 6.08 Å². The highest BCUT2D eigenvalue weighted by atomic mass is 14.3. The highest BCUT2D eigenvalue weighted by Crippen LogP contribution is 1.87. The lowest BCUT2D eigenvalue weighted by Crippen LogP contribution is -1.79. The van der Waals surface area contributed by atoms with Gasteiger partial charge in [-0.05, 0) is 18.9 Å². The second-order valence-corrected chi connectivity index (χ2v) is 1.23. The summed E-state index contributed by atoms with van der Waals surface area (Å²) in [5.41, 5.74) is 0. The average Bonchev–Trinajstić information content (AvgIpc) is 1.68. The third-order valence-electron chi connectivity index (χ3n) is 0.537. The molecule has 0 amide bonds. The topological polar surface area (TPSA) is 47.6 Å². The molecule has 0 saturated heterocycles. The number of nitrogens with zero attached hydrogens (tertiary/aromatic N) is 1. The molecule has 0 heterocycles. The maximum absolute atomic E-state index is 8.06. The standard InChI is InChI=1S/C5H6N2/c1-5(4-7)2-3-6/h2,5-6H,1H3.